The summed E-state index contributed by atoms with van der Waals surface area (Å²) in [6, 6.07) is 0. The van der Waals surface area contributed by atoms with Gasteiger partial charge in [0, 0.05) is 97.2 Å². The van der Waals surface area contributed by atoms with Crippen molar-refractivity contribution in [3.8, 4) is 0 Å². The molecule has 0 radical (unpaired) electrons. The second-order valence-corrected chi connectivity index (χ2v) is 17.3. The van der Waals surface area contributed by atoms with Crippen LogP contribution < -0.4 is 0 Å². The Labute approximate surface area is 354 Å². The zero-order valence-electron chi connectivity index (χ0n) is 36.3. The SMILES string of the molecule is CC(C)C(=O)CC(C)(C)C(=O)C(=O)O.CC(C)C(=O)CC(C)(C)C(=O)C(=O)O.CC(C)C(=O)CC(C)(C)C(=O)C(=O)O.CC(C)C(=O)CC(C)(C)C(=O)C(=O)O.[Zr]. The van der Waals surface area contributed by atoms with Crippen molar-refractivity contribution in [2.45, 2.75) is 136 Å². The van der Waals surface area contributed by atoms with Crippen LogP contribution in [-0.2, 0) is 83.7 Å². The fourth-order valence-corrected chi connectivity index (χ4v) is 4.04. The molecule has 0 aromatic carbocycles. The van der Waals surface area contributed by atoms with Crippen molar-refractivity contribution < 1.29 is 104 Å². The molecule has 17 heteroatoms. The van der Waals surface area contributed by atoms with Gasteiger partial charge in [-0.3, -0.25) is 38.4 Å². The van der Waals surface area contributed by atoms with E-state index in [-0.39, 0.29) is 98.7 Å². The van der Waals surface area contributed by atoms with Crippen LogP contribution >= 0.6 is 0 Å². The first kappa shape index (κ1) is 62.3. The molecule has 0 aromatic heterocycles. The molecule has 0 aromatic rings. The molecular formula is C40H64O16Zr. The van der Waals surface area contributed by atoms with E-state index in [2.05, 4.69) is 0 Å². The number of carboxylic acid groups (broad SMARTS) is 4. The van der Waals surface area contributed by atoms with Crippen LogP contribution in [0, 0.1) is 45.3 Å². The molecule has 0 unspecified atom stereocenters. The van der Waals surface area contributed by atoms with E-state index in [0.717, 1.165) is 0 Å². The minimum atomic E-state index is -1.48. The first-order valence-electron chi connectivity index (χ1n) is 17.9. The van der Waals surface area contributed by atoms with Gasteiger partial charge in [-0.25, -0.2) is 19.2 Å². The molecule has 0 bridgehead atoms. The van der Waals surface area contributed by atoms with Crippen molar-refractivity contribution in [1.29, 1.82) is 0 Å². The van der Waals surface area contributed by atoms with Gasteiger partial charge >= 0.3 is 23.9 Å². The van der Waals surface area contributed by atoms with Gasteiger partial charge in [-0.2, -0.15) is 0 Å². The Morgan fingerprint density at radius 2 is 0.421 bits per heavy atom. The Bertz CT molecular complexity index is 1280. The van der Waals surface area contributed by atoms with Gasteiger partial charge in [0.1, 0.15) is 23.1 Å². The molecular weight excluding hydrogens is 828 g/mol. The standard InChI is InChI=1S/4C10H16O4.Zr/c4*1-6(2)7(11)5-10(3,4)8(12)9(13)14;/h4*6H,5H2,1-4H3,(H,13,14);. The quantitative estimate of drug-likeness (QED) is 0.115. The maximum Gasteiger partial charge on any atom is 0.372 e. The summed E-state index contributed by atoms with van der Waals surface area (Å²) in [4.78, 5) is 132. The van der Waals surface area contributed by atoms with Crippen LogP contribution in [0.15, 0.2) is 0 Å². The summed E-state index contributed by atoms with van der Waals surface area (Å²) < 4.78 is 0. The molecule has 0 saturated carbocycles. The number of carbonyl (C=O) groups is 12. The van der Waals surface area contributed by atoms with Crippen LogP contribution in [0.1, 0.15) is 136 Å². The van der Waals surface area contributed by atoms with Gasteiger partial charge in [-0.1, -0.05) is 111 Å². The molecule has 0 fully saturated rings. The third-order valence-corrected chi connectivity index (χ3v) is 8.28. The largest absolute Gasteiger partial charge is 0.475 e. The molecule has 0 spiro atoms. The average Bonchev–Trinajstić information content (AvgIpc) is 3.02. The van der Waals surface area contributed by atoms with Crippen molar-refractivity contribution in [3.63, 3.8) is 0 Å². The Morgan fingerprint density at radius 1 is 0.316 bits per heavy atom. The molecule has 324 valence electrons. The monoisotopic (exact) mass is 890 g/mol. The Kier molecular flexibility index (Phi) is 28.6. The average molecular weight is 892 g/mol. The summed E-state index contributed by atoms with van der Waals surface area (Å²) in [6.45, 7) is 25.6. The zero-order valence-corrected chi connectivity index (χ0v) is 38.8. The van der Waals surface area contributed by atoms with Crippen LogP contribution in [0.2, 0.25) is 0 Å². The molecule has 57 heavy (non-hydrogen) atoms. The Hall–Kier alpha value is -3.88. The number of rotatable bonds is 20. The number of hydrogen-bond donors (Lipinski definition) is 4. The van der Waals surface area contributed by atoms with E-state index < -0.39 is 68.7 Å². The minimum Gasteiger partial charge on any atom is -0.475 e. The molecule has 0 aliphatic rings. The number of hydrogen-bond acceptors (Lipinski definition) is 12. The fourth-order valence-electron chi connectivity index (χ4n) is 4.04. The minimum absolute atomic E-state index is 0. The molecule has 0 heterocycles. The molecule has 16 nitrogen and oxygen atoms in total. The van der Waals surface area contributed by atoms with E-state index in [1.807, 2.05) is 0 Å². The second-order valence-electron chi connectivity index (χ2n) is 17.3. The fraction of sp³-hybridized carbons (Fsp3) is 0.700. The molecule has 0 atom stereocenters. The maximum absolute atomic E-state index is 11.3. The number of carbonyl (C=O) groups excluding carboxylic acids is 8. The predicted octanol–water partition coefficient (Wildman–Crippen LogP) is 5.12. The van der Waals surface area contributed by atoms with Gasteiger partial charge in [0.05, 0.1) is 0 Å². The summed E-state index contributed by atoms with van der Waals surface area (Å²) in [6.07, 6.45) is -0.0722. The van der Waals surface area contributed by atoms with Crippen molar-refractivity contribution in [2.24, 2.45) is 45.3 Å². The summed E-state index contributed by atoms with van der Waals surface area (Å²) in [5.74, 6) is -10.6. The first-order valence-corrected chi connectivity index (χ1v) is 17.9. The first-order chi connectivity index (χ1) is 24.7. The molecule has 0 rings (SSSR count). The van der Waals surface area contributed by atoms with Crippen molar-refractivity contribution >= 4 is 70.1 Å². The third-order valence-electron chi connectivity index (χ3n) is 8.28. The normalized spacial score (nSPS) is 11.3. The Balaban J connectivity index is -0.000000210. The molecule has 0 saturated heterocycles. The van der Waals surface area contributed by atoms with E-state index in [1.54, 1.807) is 55.4 Å². The van der Waals surface area contributed by atoms with E-state index in [4.69, 9.17) is 20.4 Å². The Morgan fingerprint density at radius 3 is 0.491 bits per heavy atom. The van der Waals surface area contributed by atoms with E-state index in [1.165, 1.54) is 55.4 Å². The summed E-state index contributed by atoms with van der Waals surface area (Å²) in [7, 11) is 0. The predicted molar refractivity (Wildman–Crippen MR) is 204 cm³/mol. The molecule has 0 aliphatic heterocycles. The second kappa shape index (κ2) is 26.2. The van der Waals surface area contributed by atoms with Crippen LogP contribution in [0.4, 0.5) is 0 Å². The van der Waals surface area contributed by atoms with Gasteiger partial charge in [0.15, 0.2) is 0 Å². The van der Waals surface area contributed by atoms with Gasteiger partial charge < -0.3 is 20.4 Å². The summed E-state index contributed by atoms with van der Waals surface area (Å²) in [5, 5.41) is 34.0. The van der Waals surface area contributed by atoms with Crippen LogP contribution in [0.3, 0.4) is 0 Å². The summed E-state index contributed by atoms with van der Waals surface area (Å²) >= 11 is 0. The topological polar surface area (TPSA) is 286 Å². The zero-order chi connectivity index (χ0) is 46.1. The number of carboxylic acids is 4. The molecule has 4 N–H and O–H groups in total. The van der Waals surface area contributed by atoms with Crippen LogP contribution in [0.25, 0.3) is 0 Å². The maximum atomic E-state index is 11.3. The van der Waals surface area contributed by atoms with E-state index in [0.29, 0.717) is 0 Å². The molecule has 0 aliphatic carbocycles. The van der Waals surface area contributed by atoms with E-state index >= 15 is 0 Å². The van der Waals surface area contributed by atoms with Gasteiger partial charge in [0.2, 0.25) is 23.1 Å². The smallest absolute Gasteiger partial charge is 0.372 e. The van der Waals surface area contributed by atoms with Crippen LogP contribution in [-0.4, -0.2) is 90.6 Å². The van der Waals surface area contributed by atoms with Gasteiger partial charge in [-0.05, 0) is 0 Å². The number of ketones is 8. The number of aliphatic carboxylic acids is 4. The summed E-state index contributed by atoms with van der Waals surface area (Å²) in [5.41, 5.74) is -4.42. The van der Waals surface area contributed by atoms with Crippen molar-refractivity contribution in [2.75, 3.05) is 0 Å². The van der Waals surface area contributed by atoms with Crippen molar-refractivity contribution in [1.82, 2.24) is 0 Å². The molecule has 0 amide bonds. The van der Waals surface area contributed by atoms with Gasteiger partial charge in [0.25, 0.3) is 0 Å². The van der Waals surface area contributed by atoms with Crippen LogP contribution in [0.5, 0.6) is 0 Å². The number of Topliss-reactive ketones (excluding diaryl/α,β-unsaturated/α-hetero) is 8. The van der Waals surface area contributed by atoms with Crippen molar-refractivity contribution in [3.05, 3.63) is 0 Å². The van der Waals surface area contributed by atoms with Gasteiger partial charge in [-0.15, -0.1) is 0 Å². The van der Waals surface area contributed by atoms with E-state index in [9.17, 15) is 57.5 Å². The third kappa shape index (κ3) is 25.2.